The van der Waals surface area contributed by atoms with Crippen molar-refractivity contribution in [3.8, 4) is 16.9 Å². The largest absolute Gasteiger partial charge is 0.489 e. The number of piperidine rings is 1. The zero-order valence-corrected chi connectivity index (χ0v) is 18.0. The third-order valence-electron chi connectivity index (χ3n) is 5.14. The maximum atomic E-state index is 13.3. The summed E-state index contributed by atoms with van der Waals surface area (Å²) >= 11 is 2.29. The molecular weight excluding hydrogens is 483 g/mol. The number of ether oxygens (including phenoxy) is 1. The molecule has 1 aliphatic rings. The molecule has 1 aliphatic heterocycles. The summed E-state index contributed by atoms with van der Waals surface area (Å²) in [5, 5.41) is 6.70. The van der Waals surface area contributed by atoms with Crippen LogP contribution in [0.25, 0.3) is 11.1 Å². The molecule has 2 N–H and O–H groups in total. The van der Waals surface area contributed by atoms with Crippen LogP contribution in [0.2, 0.25) is 0 Å². The summed E-state index contributed by atoms with van der Waals surface area (Å²) in [6.45, 7) is 2.32. The molecule has 1 saturated heterocycles. The molecule has 2 aromatic heterocycles. The van der Waals surface area contributed by atoms with Gasteiger partial charge in [-0.2, -0.15) is 5.10 Å². The van der Waals surface area contributed by atoms with Gasteiger partial charge in [0.15, 0.2) is 0 Å². The summed E-state index contributed by atoms with van der Waals surface area (Å²) < 4.78 is 21.1. The Balaban J connectivity index is 1.47. The lowest BCUT2D eigenvalue weighted by Crippen LogP contribution is -2.35. The molecule has 0 unspecified atom stereocenters. The molecule has 3 heterocycles. The average Bonchev–Trinajstić information content (AvgIpc) is 3.23. The van der Waals surface area contributed by atoms with Crippen LogP contribution in [0.4, 0.5) is 10.2 Å². The van der Waals surface area contributed by atoms with Gasteiger partial charge in [0.1, 0.15) is 24.0 Å². The molecule has 4 rings (SSSR count). The fraction of sp³-hybridized carbons (Fsp3) is 0.300. The van der Waals surface area contributed by atoms with E-state index in [1.165, 1.54) is 12.1 Å². The zero-order chi connectivity index (χ0) is 20.2. The van der Waals surface area contributed by atoms with Gasteiger partial charge in [-0.15, -0.1) is 22.4 Å². The van der Waals surface area contributed by atoms with Crippen molar-refractivity contribution in [2.75, 3.05) is 18.8 Å². The number of nitrogen functional groups attached to an aromatic ring is 1. The summed E-state index contributed by atoms with van der Waals surface area (Å²) in [7, 11) is 0. The predicted molar refractivity (Wildman–Crippen MR) is 120 cm³/mol. The molecule has 0 bridgehead atoms. The molecule has 1 aromatic carbocycles. The van der Waals surface area contributed by atoms with Crippen LogP contribution in [0.15, 0.2) is 48.9 Å². The molecule has 0 amide bonds. The molecule has 1 radical (unpaired) electrons. The molecular formula is C20H21BFIN5O. The number of halogens is 2. The van der Waals surface area contributed by atoms with Crippen LogP contribution < -0.4 is 10.5 Å². The Morgan fingerprint density at radius 3 is 2.79 bits per heavy atom. The Labute approximate surface area is 183 Å². The molecule has 9 heteroatoms. The third-order valence-corrected chi connectivity index (χ3v) is 5.93. The molecule has 1 fully saturated rings. The quantitative estimate of drug-likeness (QED) is 0.408. The molecule has 29 heavy (non-hydrogen) atoms. The van der Waals surface area contributed by atoms with E-state index < -0.39 is 0 Å². The highest BCUT2D eigenvalue weighted by Gasteiger charge is 2.21. The van der Waals surface area contributed by atoms with Gasteiger partial charge < -0.3 is 15.3 Å². The number of benzene rings is 1. The monoisotopic (exact) mass is 504 g/mol. The van der Waals surface area contributed by atoms with Crippen LogP contribution in [0, 0.1) is 5.82 Å². The van der Waals surface area contributed by atoms with Crippen molar-refractivity contribution in [1.82, 2.24) is 19.6 Å². The second-order valence-electron chi connectivity index (χ2n) is 7.09. The van der Waals surface area contributed by atoms with Crippen molar-refractivity contribution in [3.05, 3.63) is 60.3 Å². The summed E-state index contributed by atoms with van der Waals surface area (Å²) in [6.07, 6.45) is 7.83. The molecule has 149 valence electrons. The molecule has 0 saturated carbocycles. The van der Waals surface area contributed by atoms with Crippen molar-refractivity contribution >= 4 is 33.5 Å². The van der Waals surface area contributed by atoms with Crippen molar-refractivity contribution in [3.63, 3.8) is 0 Å². The lowest BCUT2D eigenvalue weighted by molar-refractivity contribution is 0.268. The maximum Gasteiger partial charge on any atom is 0.295 e. The first kappa shape index (κ1) is 20.2. The highest BCUT2D eigenvalue weighted by molar-refractivity contribution is 14.1. The van der Waals surface area contributed by atoms with Gasteiger partial charge in [-0.05, 0) is 44.1 Å². The van der Waals surface area contributed by atoms with Gasteiger partial charge in [0.2, 0.25) is 0 Å². The standard InChI is InChI=1S/C20H21BFIN5O/c22-17-2-1-3-19(9-17)29-13-15-8-14(10-25-20(15)24)16-11-26-28(12-16)18-4-6-27(21-23)7-5-18/h1-3,8-12,18H,4-7,13H2,(H2,24,25). The normalized spacial score (nSPS) is 15.4. The van der Waals surface area contributed by atoms with Gasteiger partial charge in [0.25, 0.3) is 5.27 Å². The Kier molecular flexibility index (Phi) is 6.34. The highest BCUT2D eigenvalue weighted by Crippen LogP contribution is 2.27. The lowest BCUT2D eigenvalue weighted by atomic mass is 10.0. The Hall–Kier alpha value is -2.14. The Morgan fingerprint density at radius 2 is 2.03 bits per heavy atom. The number of anilines is 1. The van der Waals surface area contributed by atoms with Gasteiger partial charge in [-0.3, -0.25) is 4.68 Å². The van der Waals surface area contributed by atoms with Crippen molar-refractivity contribution in [1.29, 1.82) is 0 Å². The van der Waals surface area contributed by atoms with Gasteiger partial charge in [-0.1, -0.05) is 6.07 Å². The fourth-order valence-electron chi connectivity index (χ4n) is 3.45. The number of nitrogens with zero attached hydrogens (tertiary/aromatic N) is 4. The second-order valence-corrected chi connectivity index (χ2v) is 7.65. The maximum absolute atomic E-state index is 13.3. The third kappa shape index (κ3) is 4.89. The summed E-state index contributed by atoms with van der Waals surface area (Å²) in [6, 6.07) is 8.41. The average molecular weight is 504 g/mol. The number of pyridine rings is 1. The minimum atomic E-state index is -0.336. The van der Waals surface area contributed by atoms with Crippen LogP contribution in [0.3, 0.4) is 0 Å². The molecule has 0 atom stereocenters. The smallest absolute Gasteiger partial charge is 0.295 e. The van der Waals surface area contributed by atoms with E-state index in [4.69, 9.17) is 10.5 Å². The summed E-state index contributed by atoms with van der Waals surface area (Å²) in [5.41, 5.74) is 8.70. The van der Waals surface area contributed by atoms with E-state index in [1.807, 2.05) is 12.3 Å². The van der Waals surface area contributed by atoms with Gasteiger partial charge in [-0.25, -0.2) is 9.37 Å². The Bertz CT molecular complexity index is 977. The van der Waals surface area contributed by atoms with Gasteiger partial charge in [0.05, 0.1) is 12.2 Å². The molecule has 0 spiro atoms. The van der Waals surface area contributed by atoms with Crippen molar-refractivity contribution < 1.29 is 9.13 Å². The first-order chi connectivity index (χ1) is 14.1. The Morgan fingerprint density at radius 1 is 1.21 bits per heavy atom. The van der Waals surface area contributed by atoms with E-state index >= 15 is 0 Å². The number of aromatic nitrogens is 3. The number of nitrogens with two attached hydrogens (primary N) is 1. The number of hydrogen-bond acceptors (Lipinski definition) is 5. The lowest BCUT2D eigenvalue weighted by Gasteiger charge is -2.30. The minimum Gasteiger partial charge on any atom is -0.489 e. The minimum absolute atomic E-state index is 0.218. The van der Waals surface area contributed by atoms with Gasteiger partial charge >= 0.3 is 0 Å². The van der Waals surface area contributed by atoms with E-state index in [2.05, 4.69) is 53.4 Å². The van der Waals surface area contributed by atoms with Crippen LogP contribution >= 0.6 is 22.4 Å². The SMILES string of the molecule is Nc1ncc(-c2cnn(C3CCN([B]I)CC3)c2)cc1COc1cccc(F)c1. The van der Waals surface area contributed by atoms with Crippen LogP contribution in [0.5, 0.6) is 5.75 Å². The second kappa shape index (κ2) is 9.12. The first-order valence-corrected chi connectivity index (χ1v) is 10.7. The van der Waals surface area contributed by atoms with Crippen molar-refractivity contribution in [2.45, 2.75) is 25.5 Å². The topological polar surface area (TPSA) is 69.2 Å². The highest BCUT2D eigenvalue weighted by atomic mass is 127. The van der Waals surface area contributed by atoms with Gasteiger partial charge in [0, 0.05) is 35.2 Å². The number of rotatable bonds is 6. The van der Waals surface area contributed by atoms with Crippen LogP contribution in [-0.4, -0.2) is 37.9 Å². The summed E-state index contributed by atoms with van der Waals surface area (Å²) in [4.78, 5) is 6.63. The summed E-state index contributed by atoms with van der Waals surface area (Å²) in [5.74, 6) is 0.523. The number of hydrogen-bond donors (Lipinski definition) is 1. The molecule has 0 aliphatic carbocycles. The van der Waals surface area contributed by atoms with E-state index in [0.717, 1.165) is 42.6 Å². The van der Waals surface area contributed by atoms with E-state index in [1.54, 1.807) is 18.3 Å². The predicted octanol–water partition coefficient (Wildman–Crippen LogP) is 3.85. The van der Waals surface area contributed by atoms with E-state index in [0.29, 0.717) is 17.6 Å². The van der Waals surface area contributed by atoms with E-state index in [-0.39, 0.29) is 12.4 Å². The molecule has 3 aromatic rings. The zero-order valence-electron chi connectivity index (χ0n) is 15.8. The van der Waals surface area contributed by atoms with Crippen molar-refractivity contribution in [2.24, 2.45) is 0 Å². The molecule has 6 nitrogen and oxygen atoms in total. The van der Waals surface area contributed by atoms with Crippen LogP contribution in [0.1, 0.15) is 24.4 Å². The fourth-order valence-corrected chi connectivity index (χ4v) is 4.00. The first-order valence-electron chi connectivity index (χ1n) is 9.47. The van der Waals surface area contributed by atoms with E-state index in [9.17, 15) is 4.39 Å². The van der Waals surface area contributed by atoms with Crippen LogP contribution in [-0.2, 0) is 6.61 Å².